The number of imidazole rings is 1. The predicted octanol–water partition coefficient (Wildman–Crippen LogP) is 3.44. The summed E-state index contributed by atoms with van der Waals surface area (Å²) in [5.74, 6) is 0.853. The summed E-state index contributed by atoms with van der Waals surface area (Å²) < 4.78 is 0. The van der Waals surface area contributed by atoms with E-state index in [0.29, 0.717) is 10.7 Å². The molecule has 19 heavy (non-hydrogen) atoms. The van der Waals surface area contributed by atoms with Gasteiger partial charge in [0.2, 0.25) is 0 Å². The molecular weight excluding hydrogens is 283 g/mol. The van der Waals surface area contributed by atoms with Crippen molar-refractivity contribution in [3.05, 3.63) is 52.2 Å². The molecule has 0 aliphatic carbocycles. The van der Waals surface area contributed by atoms with Gasteiger partial charge in [-0.2, -0.15) is 0 Å². The first-order valence-corrected chi connectivity index (χ1v) is 6.58. The lowest BCUT2D eigenvalue weighted by Gasteiger charge is -1.96. The number of aromatic nitrogens is 4. The van der Waals surface area contributed by atoms with Gasteiger partial charge in [-0.25, -0.2) is 9.97 Å². The molecule has 0 amide bonds. The number of hydrogen-bond acceptors (Lipinski definition) is 3. The minimum atomic E-state index is 0.275. The number of halogens is 2. The Bertz CT molecular complexity index is 670. The highest BCUT2D eigenvalue weighted by atomic mass is 35.5. The van der Waals surface area contributed by atoms with Crippen molar-refractivity contribution in [3.8, 4) is 0 Å². The Hall–Kier alpha value is -1.65. The third-order valence-electron chi connectivity index (χ3n) is 2.78. The Balaban J connectivity index is 1.82. The standard InChI is InChI=1S/C13H10Cl2N4/c14-9-7-10-13(19-12(9)15)18-11(17-10)5-4-8-3-1-2-6-16-8/h1-3,6-7H,4-5H2,(H,17,18,19). The second-order valence-electron chi connectivity index (χ2n) is 4.14. The van der Waals surface area contributed by atoms with Crippen LogP contribution in [0.4, 0.5) is 0 Å². The lowest BCUT2D eigenvalue weighted by Crippen LogP contribution is -1.95. The van der Waals surface area contributed by atoms with Crippen molar-refractivity contribution < 1.29 is 0 Å². The zero-order valence-corrected chi connectivity index (χ0v) is 11.4. The van der Waals surface area contributed by atoms with E-state index in [1.54, 1.807) is 12.3 Å². The maximum Gasteiger partial charge on any atom is 0.179 e. The molecule has 0 radical (unpaired) electrons. The van der Waals surface area contributed by atoms with Crippen LogP contribution in [0.1, 0.15) is 11.5 Å². The smallest absolute Gasteiger partial charge is 0.179 e. The molecule has 0 unspecified atom stereocenters. The summed E-state index contributed by atoms with van der Waals surface area (Å²) in [6, 6.07) is 7.61. The molecule has 1 N–H and O–H groups in total. The molecule has 0 aromatic carbocycles. The van der Waals surface area contributed by atoms with Crippen LogP contribution in [0.3, 0.4) is 0 Å². The number of pyridine rings is 2. The maximum atomic E-state index is 5.92. The van der Waals surface area contributed by atoms with Crippen LogP contribution in [0.15, 0.2) is 30.5 Å². The number of fused-ring (bicyclic) bond motifs is 1. The number of nitrogens with one attached hydrogen (secondary N) is 1. The van der Waals surface area contributed by atoms with Crippen LogP contribution < -0.4 is 0 Å². The van der Waals surface area contributed by atoms with Crippen LogP contribution in [0.5, 0.6) is 0 Å². The third kappa shape index (κ3) is 2.69. The Labute approximate surface area is 119 Å². The average Bonchev–Trinajstić information content (AvgIpc) is 2.80. The molecule has 3 rings (SSSR count). The largest absolute Gasteiger partial charge is 0.341 e. The summed E-state index contributed by atoms with van der Waals surface area (Å²) in [6.07, 6.45) is 3.37. The zero-order valence-electron chi connectivity index (χ0n) is 9.90. The van der Waals surface area contributed by atoms with Crippen molar-refractivity contribution in [1.29, 1.82) is 0 Å². The van der Waals surface area contributed by atoms with Gasteiger partial charge in [0.1, 0.15) is 11.0 Å². The highest BCUT2D eigenvalue weighted by molar-refractivity contribution is 6.41. The zero-order chi connectivity index (χ0) is 13.2. The van der Waals surface area contributed by atoms with Crippen LogP contribution in [0.25, 0.3) is 11.2 Å². The molecule has 4 nitrogen and oxygen atoms in total. The minimum Gasteiger partial charge on any atom is -0.341 e. The topological polar surface area (TPSA) is 54.5 Å². The van der Waals surface area contributed by atoms with Crippen LogP contribution in [-0.2, 0) is 12.8 Å². The highest BCUT2D eigenvalue weighted by Gasteiger charge is 2.08. The second-order valence-corrected chi connectivity index (χ2v) is 4.90. The van der Waals surface area contributed by atoms with Crippen LogP contribution in [-0.4, -0.2) is 19.9 Å². The predicted molar refractivity (Wildman–Crippen MR) is 75.6 cm³/mol. The van der Waals surface area contributed by atoms with Gasteiger partial charge in [0.25, 0.3) is 0 Å². The fraction of sp³-hybridized carbons (Fsp3) is 0.154. The van der Waals surface area contributed by atoms with Crippen molar-refractivity contribution in [1.82, 2.24) is 19.9 Å². The van der Waals surface area contributed by atoms with Gasteiger partial charge in [-0.1, -0.05) is 29.3 Å². The van der Waals surface area contributed by atoms with Crippen LogP contribution in [0, 0.1) is 0 Å². The number of H-pyrrole nitrogens is 1. The SMILES string of the molecule is Clc1cc2[nH]c(CCc3ccccn3)nc2nc1Cl. The molecular formula is C13H10Cl2N4. The van der Waals surface area contributed by atoms with Gasteiger partial charge in [0.05, 0.1) is 10.5 Å². The molecule has 0 spiro atoms. The Morgan fingerprint density at radius 3 is 2.79 bits per heavy atom. The average molecular weight is 293 g/mol. The number of nitrogens with zero attached hydrogens (tertiary/aromatic N) is 3. The first-order valence-electron chi connectivity index (χ1n) is 5.83. The second kappa shape index (κ2) is 5.15. The molecule has 3 aromatic heterocycles. The van der Waals surface area contributed by atoms with Gasteiger partial charge in [-0.05, 0) is 24.6 Å². The molecule has 0 fully saturated rings. The molecule has 0 aliphatic heterocycles. The summed E-state index contributed by atoms with van der Waals surface area (Å²) in [4.78, 5) is 16.0. The molecule has 6 heteroatoms. The summed E-state index contributed by atoms with van der Waals surface area (Å²) in [7, 11) is 0. The van der Waals surface area contributed by atoms with E-state index in [2.05, 4.69) is 19.9 Å². The molecule has 96 valence electrons. The fourth-order valence-electron chi connectivity index (χ4n) is 1.86. The number of rotatable bonds is 3. The van der Waals surface area contributed by atoms with Gasteiger partial charge in [-0.15, -0.1) is 0 Å². The van der Waals surface area contributed by atoms with E-state index in [1.807, 2.05) is 18.2 Å². The number of hydrogen-bond donors (Lipinski definition) is 1. The minimum absolute atomic E-state index is 0.275. The van der Waals surface area contributed by atoms with Gasteiger partial charge in [-0.3, -0.25) is 4.98 Å². The first-order chi connectivity index (χ1) is 9.22. The van der Waals surface area contributed by atoms with Gasteiger partial charge < -0.3 is 4.98 Å². The van der Waals surface area contributed by atoms with Gasteiger partial charge >= 0.3 is 0 Å². The Kier molecular flexibility index (Phi) is 3.36. The van der Waals surface area contributed by atoms with Crippen molar-refractivity contribution in [2.24, 2.45) is 0 Å². The lowest BCUT2D eigenvalue weighted by atomic mass is 10.2. The Morgan fingerprint density at radius 2 is 2.00 bits per heavy atom. The number of aromatic amines is 1. The van der Waals surface area contributed by atoms with Crippen molar-refractivity contribution in [3.63, 3.8) is 0 Å². The summed E-state index contributed by atoms with van der Waals surface area (Å²) >= 11 is 11.8. The normalized spacial score (nSPS) is 11.1. The lowest BCUT2D eigenvalue weighted by molar-refractivity contribution is 0.860. The van der Waals surface area contributed by atoms with Gasteiger partial charge in [0.15, 0.2) is 5.65 Å². The van der Waals surface area contributed by atoms with Gasteiger partial charge in [0, 0.05) is 18.3 Å². The van der Waals surface area contributed by atoms with Crippen molar-refractivity contribution >= 4 is 34.4 Å². The quantitative estimate of drug-likeness (QED) is 0.752. The van der Waals surface area contributed by atoms with E-state index in [4.69, 9.17) is 23.2 Å². The van der Waals surface area contributed by atoms with E-state index >= 15 is 0 Å². The van der Waals surface area contributed by atoms with E-state index in [-0.39, 0.29) is 5.15 Å². The van der Waals surface area contributed by atoms with Crippen LogP contribution >= 0.6 is 23.2 Å². The molecule has 3 heterocycles. The van der Waals surface area contributed by atoms with E-state index < -0.39 is 0 Å². The maximum absolute atomic E-state index is 5.92. The van der Waals surface area contributed by atoms with E-state index in [9.17, 15) is 0 Å². The molecule has 0 aliphatic rings. The Morgan fingerprint density at radius 1 is 1.11 bits per heavy atom. The van der Waals surface area contributed by atoms with E-state index in [1.165, 1.54) is 0 Å². The summed E-state index contributed by atoms with van der Waals surface area (Å²) in [6.45, 7) is 0. The van der Waals surface area contributed by atoms with Crippen molar-refractivity contribution in [2.45, 2.75) is 12.8 Å². The van der Waals surface area contributed by atoms with Crippen LogP contribution in [0.2, 0.25) is 10.2 Å². The third-order valence-corrected chi connectivity index (χ3v) is 3.45. The first kappa shape index (κ1) is 12.4. The summed E-state index contributed by atoms with van der Waals surface area (Å²) in [5.41, 5.74) is 2.42. The molecule has 0 atom stereocenters. The summed E-state index contributed by atoms with van der Waals surface area (Å²) in [5, 5.41) is 0.700. The fourth-order valence-corrected chi connectivity index (χ4v) is 2.14. The monoisotopic (exact) mass is 292 g/mol. The molecule has 0 saturated carbocycles. The molecule has 0 saturated heterocycles. The van der Waals surface area contributed by atoms with E-state index in [0.717, 1.165) is 29.9 Å². The molecule has 0 bridgehead atoms. The molecule has 3 aromatic rings. The highest BCUT2D eigenvalue weighted by Crippen LogP contribution is 2.23. The van der Waals surface area contributed by atoms with Crippen molar-refractivity contribution in [2.75, 3.05) is 0 Å². The number of aryl methyl sites for hydroxylation is 2.